The van der Waals surface area contributed by atoms with Crippen molar-refractivity contribution < 1.29 is 8.42 Å². The van der Waals surface area contributed by atoms with Gasteiger partial charge in [-0.1, -0.05) is 70.0 Å². The Morgan fingerprint density at radius 2 is 1.52 bits per heavy atom. The first-order valence-electron chi connectivity index (χ1n) is 8.48. The minimum absolute atomic E-state index is 0.0716. The summed E-state index contributed by atoms with van der Waals surface area (Å²) in [5.74, 6) is 0. The molecular weight excluding hydrogens is 492 g/mol. The Labute approximate surface area is 186 Å². The van der Waals surface area contributed by atoms with Crippen LogP contribution in [0.4, 0.5) is 0 Å². The number of thiazole rings is 1. The number of hydrogen-bond acceptors (Lipinski definition) is 4. The molecule has 0 radical (unpaired) electrons. The fraction of sp³-hybridized carbons (Fsp3) is 0. The molecule has 0 aliphatic heterocycles. The number of nitrogens with zero attached hydrogens (tertiary/aromatic N) is 1. The summed E-state index contributed by atoms with van der Waals surface area (Å²) in [5, 5.41) is 6.64. The summed E-state index contributed by atoms with van der Waals surface area (Å²) in [7, 11) is -3.75. The van der Waals surface area contributed by atoms with Crippen LogP contribution >= 0.6 is 38.9 Å². The van der Waals surface area contributed by atoms with Crippen molar-refractivity contribution in [1.82, 2.24) is 4.98 Å². The predicted octanol–water partition coefficient (Wildman–Crippen LogP) is 6.21. The largest absolute Gasteiger partial charge is 0.238 e. The third kappa shape index (κ3) is 4.29. The van der Waals surface area contributed by atoms with Gasteiger partial charge in [0.25, 0.3) is 0 Å². The predicted molar refractivity (Wildman–Crippen MR) is 123 cm³/mol. The van der Waals surface area contributed by atoms with Gasteiger partial charge in [0.1, 0.15) is 5.01 Å². The second kappa shape index (κ2) is 8.01. The third-order valence-electron chi connectivity index (χ3n) is 4.29. The van der Waals surface area contributed by atoms with Crippen LogP contribution in [0.1, 0.15) is 0 Å². The maximum absolute atomic E-state index is 11.6. The number of aromatic nitrogens is 1. The monoisotopic (exact) mass is 504 g/mol. The molecule has 29 heavy (non-hydrogen) atoms. The number of nitrogens with two attached hydrogens (primary N) is 1. The van der Waals surface area contributed by atoms with Crippen LogP contribution in [0.25, 0.3) is 32.3 Å². The van der Waals surface area contributed by atoms with Gasteiger partial charge in [-0.15, -0.1) is 11.3 Å². The summed E-state index contributed by atoms with van der Waals surface area (Å²) in [5.41, 5.74) is 3.46. The maximum atomic E-state index is 11.6. The van der Waals surface area contributed by atoms with Crippen molar-refractivity contribution in [3.63, 3.8) is 0 Å². The van der Waals surface area contributed by atoms with Crippen LogP contribution in [-0.2, 0) is 10.0 Å². The number of hydrogen-bond donors (Lipinski definition) is 1. The molecule has 146 valence electrons. The highest BCUT2D eigenvalue weighted by atomic mass is 79.9. The summed E-state index contributed by atoms with van der Waals surface area (Å²) in [6.45, 7) is 0. The van der Waals surface area contributed by atoms with E-state index < -0.39 is 10.0 Å². The number of primary sulfonamides is 1. The summed E-state index contributed by atoms with van der Waals surface area (Å²) in [6, 6.07) is 21.9. The van der Waals surface area contributed by atoms with Crippen molar-refractivity contribution >= 4 is 48.9 Å². The van der Waals surface area contributed by atoms with Gasteiger partial charge in [-0.3, -0.25) is 0 Å². The minimum atomic E-state index is -3.75. The van der Waals surface area contributed by atoms with Crippen molar-refractivity contribution in [2.75, 3.05) is 0 Å². The molecule has 2 N–H and O–H groups in total. The molecule has 4 rings (SSSR count). The van der Waals surface area contributed by atoms with E-state index >= 15 is 0 Å². The van der Waals surface area contributed by atoms with E-state index in [1.54, 1.807) is 12.1 Å². The Morgan fingerprint density at radius 1 is 0.897 bits per heavy atom. The lowest BCUT2D eigenvalue weighted by atomic mass is 10.1. The van der Waals surface area contributed by atoms with E-state index in [-0.39, 0.29) is 4.90 Å². The average Bonchev–Trinajstić information content (AvgIpc) is 3.13. The van der Waals surface area contributed by atoms with Crippen LogP contribution in [0.3, 0.4) is 0 Å². The molecule has 0 aliphatic carbocycles. The second-order valence-corrected chi connectivity index (χ2v) is 10.1. The highest BCUT2D eigenvalue weighted by molar-refractivity contribution is 9.10. The zero-order valence-corrected chi connectivity index (χ0v) is 18.8. The molecule has 4 aromatic rings. The van der Waals surface area contributed by atoms with Crippen LogP contribution in [0.15, 0.2) is 82.2 Å². The Kier molecular flexibility index (Phi) is 5.59. The molecule has 0 bridgehead atoms. The Morgan fingerprint density at radius 3 is 2.14 bits per heavy atom. The molecule has 0 spiro atoms. The Hall–Kier alpha value is -2.03. The Balaban J connectivity index is 1.89. The molecule has 1 heterocycles. The molecule has 0 unspecified atom stereocenters. The standard InChI is InChI=1S/C21H14BrClN2O2S2/c22-15-9-5-13(6-10-15)19-20(14-7-11-16(12-8-14)29(24,26)27)28-21(25-19)17-3-1-2-4-18(17)23/h1-12H,(H2,24,26,27). The van der Waals surface area contributed by atoms with E-state index in [4.69, 9.17) is 21.7 Å². The molecule has 0 amide bonds. The van der Waals surface area contributed by atoms with E-state index in [0.717, 1.165) is 36.7 Å². The van der Waals surface area contributed by atoms with Gasteiger partial charge in [-0.05, 0) is 35.9 Å². The van der Waals surface area contributed by atoms with Crippen molar-refractivity contribution in [3.8, 4) is 32.3 Å². The molecule has 1 aromatic heterocycles. The topological polar surface area (TPSA) is 73.1 Å². The normalized spacial score (nSPS) is 11.6. The van der Waals surface area contributed by atoms with Crippen molar-refractivity contribution in [2.45, 2.75) is 4.90 Å². The second-order valence-electron chi connectivity index (χ2n) is 6.25. The lowest BCUT2D eigenvalue weighted by Gasteiger charge is -2.04. The molecule has 0 saturated heterocycles. The quantitative estimate of drug-likeness (QED) is 0.358. The smallest absolute Gasteiger partial charge is 0.235 e. The van der Waals surface area contributed by atoms with Crippen molar-refractivity contribution in [3.05, 3.63) is 82.3 Å². The zero-order chi connectivity index (χ0) is 20.6. The molecule has 8 heteroatoms. The zero-order valence-electron chi connectivity index (χ0n) is 14.8. The van der Waals surface area contributed by atoms with Crippen molar-refractivity contribution in [2.24, 2.45) is 5.14 Å². The van der Waals surface area contributed by atoms with Crippen LogP contribution in [0, 0.1) is 0 Å². The molecule has 0 aliphatic rings. The van der Waals surface area contributed by atoms with E-state index in [1.807, 2.05) is 48.5 Å². The van der Waals surface area contributed by atoms with Gasteiger partial charge in [-0.2, -0.15) is 0 Å². The Bertz CT molecular complexity index is 1290. The van der Waals surface area contributed by atoms with Crippen LogP contribution in [0.5, 0.6) is 0 Å². The number of sulfonamides is 1. The highest BCUT2D eigenvalue weighted by Crippen LogP contribution is 2.42. The number of halogens is 2. The summed E-state index contributed by atoms with van der Waals surface area (Å²) >= 11 is 11.3. The van der Waals surface area contributed by atoms with Gasteiger partial charge in [-0.25, -0.2) is 18.5 Å². The van der Waals surface area contributed by atoms with E-state index in [2.05, 4.69) is 15.9 Å². The first kappa shape index (κ1) is 20.3. The van der Waals surface area contributed by atoms with E-state index in [0.29, 0.717) is 5.02 Å². The van der Waals surface area contributed by atoms with Gasteiger partial charge < -0.3 is 0 Å². The van der Waals surface area contributed by atoms with Gasteiger partial charge in [0.2, 0.25) is 10.0 Å². The minimum Gasteiger partial charge on any atom is -0.235 e. The molecule has 4 nitrogen and oxygen atoms in total. The van der Waals surface area contributed by atoms with Crippen molar-refractivity contribution in [1.29, 1.82) is 0 Å². The van der Waals surface area contributed by atoms with Crippen LogP contribution < -0.4 is 5.14 Å². The molecule has 0 saturated carbocycles. The molecular formula is C21H14BrClN2O2S2. The maximum Gasteiger partial charge on any atom is 0.238 e. The van der Waals surface area contributed by atoms with Gasteiger partial charge in [0.05, 0.1) is 20.5 Å². The number of benzene rings is 3. The summed E-state index contributed by atoms with van der Waals surface area (Å²) in [4.78, 5) is 5.86. The molecule has 3 aromatic carbocycles. The first-order valence-corrected chi connectivity index (χ1v) is 12.0. The first-order chi connectivity index (χ1) is 13.8. The molecule has 0 fully saturated rings. The van der Waals surface area contributed by atoms with Crippen LogP contribution in [0.2, 0.25) is 5.02 Å². The summed E-state index contributed by atoms with van der Waals surface area (Å²) in [6.07, 6.45) is 0. The van der Waals surface area contributed by atoms with E-state index in [1.165, 1.54) is 23.5 Å². The fourth-order valence-corrected chi connectivity index (χ4v) is 5.06. The fourth-order valence-electron chi connectivity index (χ4n) is 2.87. The number of rotatable bonds is 4. The SMILES string of the molecule is NS(=O)(=O)c1ccc(-c2sc(-c3ccccc3Cl)nc2-c2ccc(Br)cc2)cc1. The van der Waals surface area contributed by atoms with E-state index in [9.17, 15) is 8.42 Å². The lowest BCUT2D eigenvalue weighted by molar-refractivity contribution is 0.598. The lowest BCUT2D eigenvalue weighted by Crippen LogP contribution is -2.11. The third-order valence-corrected chi connectivity index (χ3v) is 7.22. The van der Waals surface area contributed by atoms with Gasteiger partial charge in [0.15, 0.2) is 0 Å². The van der Waals surface area contributed by atoms with Crippen LogP contribution in [-0.4, -0.2) is 13.4 Å². The average molecular weight is 506 g/mol. The molecule has 0 atom stereocenters. The van der Waals surface area contributed by atoms with Gasteiger partial charge in [0, 0.05) is 15.6 Å². The summed E-state index contributed by atoms with van der Waals surface area (Å²) < 4.78 is 24.1. The highest BCUT2D eigenvalue weighted by Gasteiger charge is 2.18. The van der Waals surface area contributed by atoms with Gasteiger partial charge >= 0.3 is 0 Å².